The molecule has 0 amide bonds. The summed E-state index contributed by atoms with van der Waals surface area (Å²) in [5.74, 6) is 3.01. The van der Waals surface area contributed by atoms with Gasteiger partial charge in [-0.1, -0.05) is 12.1 Å². The van der Waals surface area contributed by atoms with Gasteiger partial charge in [0.15, 0.2) is 0 Å². The zero-order valence-corrected chi connectivity index (χ0v) is 12.9. The average molecular weight is 299 g/mol. The van der Waals surface area contributed by atoms with Gasteiger partial charge in [-0.05, 0) is 49.9 Å². The lowest BCUT2D eigenvalue weighted by Gasteiger charge is -2.23. The Balaban J connectivity index is 1.49. The van der Waals surface area contributed by atoms with E-state index in [1.165, 1.54) is 24.8 Å². The van der Waals surface area contributed by atoms with Crippen LogP contribution in [0, 0.1) is 0 Å². The molecule has 1 aliphatic carbocycles. The van der Waals surface area contributed by atoms with Crippen LogP contribution in [0.3, 0.4) is 0 Å². The summed E-state index contributed by atoms with van der Waals surface area (Å²) in [5, 5.41) is 8.40. The smallest absolute Gasteiger partial charge is 0.230 e. The quantitative estimate of drug-likeness (QED) is 0.848. The molecular weight excluding hydrogens is 278 g/mol. The van der Waals surface area contributed by atoms with Crippen LogP contribution in [0.2, 0.25) is 0 Å². The minimum atomic E-state index is 0.409. The topological polar surface area (TPSA) is 51.4 Å². The largest absolute Gasteiger partial charge is 0.497 e. The Bertz CT molecular complexity index is 651. The van der Waals surface area contributed by atoms with Crippen molar-refractivity contribution in [1.82, 2.24) is 15.1 Å². The lowest BCUT2D eigenvalue weighted by Crippen LogP contribution is -2.23. The summed E-state index contributed by atoms with van der Waals surface area (Å²) in [6.45, 7) is 1.81. The average Bonchev–Trinajstić information content (AvgIpc) is 3.13. The molecule has 2 aliphatic rings. The van der Waals surface area contributed by atoms with Gasteiger partial charge in [-0.25, -0.2) is 0 Å². The molecule has 1 atom stereocenters. The molecule has 2 fully saturated rings. The zero-order valence-electron chi connectivity index (χ0n) is 12.9. The Kier molecular flexibility index (Phi) is 3.58. The van der Waals surface area contributed by atoms with Gasteiger partial charge in [0.1, 0.15) is 5.75 Å². The van der Waals surface area contributed by atoms with Gasteiger partial charge in [0.25, 0.3) is 0 Å². The number of benzene rings is 1. The lowest BCUT2D eigenvalue weighted by molar-refractivity contribution is 0.221. The van der Waals surface area contributed by atoms with E-state index in [2.05, 4.69) is 33.3 Å². The molecule has 1 unspecified atom stereocenters. The highest BCUT2D eigenvalue weighted by Gasteiger charge is 2.31. The van der Waals surface area contributed by atoms with E-state index in [-0.39, 0.29) is 0 Å². The molecule has 22 heavy (non-hydrogen) atoms. The number of ether oxygens (including phenoxy) is 1. The van der Waals surface area contributed by atoms with Gasteiger partial charge in [0.2, 0.25) is 11.8 Å². The van der Waals surface area contributed by atoms with Gasteiger partial charge in [-0.3, -0.25) is 4.90 Å². The Morgan fingerprint density at radius 2 is 2.18 bits per heavy atom. The Morgan fingerprint density at radius 1 is 1.27 bits per heavy atom. The van der Waals surface area contributed by atoms with Crippen LogP contribution in [0.5, 0.6) is 5.75 Å². The molecular formula is C17H21N3O2. The van der Waals surface area contributed by atoms with E-state index in [9.17, 15) is 0 Å². The number of hydrogen-bond acceptors (Lipinski definition) is 5. The second-order valence-corrected chi connectivity index (χ2v) is 6.21. The summed E-state index contributed by atoms with van der Waals surface area (Å²) in [7, 11) is 1.71. The maximum Gasteiger partial charge on any atom is 0.230 e. The summed E-state index contributed by atoms with van der Waals surface area (Å²) < 4.78 is 11.2. The molecule has 0 spiro atoms. The van der Waals surface area contributed by atoms with Crippen molar-refractivity contribution in [1.29, 1.82) is 0 Å². The first-order valence-corrected chi connectivity index (χ1v) is 8.04. The monoisotopic (exact) mass is 299 g/mol. The van der Waals surface area contributed by atoms with E-state index in [1.807, 2.05) is 6.07 Å². The third-order valence-electron chi connectivity index (χ3n) is 4.59. The van der Waals surface area contributed by atoms with Crippen LogP contribution >= 0.6 is 0 Å². The van der Waals surface area contributed by atoms with E-state index in [4.69, 9.17) is 9.15 Å². The molecule has 1 aliphatic heterocycles. The zero-order chi connectivity index (χ0) is 14.9. The van der Waals surface area contributed by atoms with Crippen molar-refractivity contribution in [3.05, 3.63) is 41.6 Å². The van der Waals surface area contributed by atoms with Crippen molar-refractivity contribution in [2.24, 2.45) is 0 Å². The third kappa shape index (κ3) is 2.73. The summed E-state index contributed by atoms with van der Waals surface area (Å²) in [5.41, 5.74) is 1.30. The van der Waals surface area contributed by atoms with Crippen molar-refractivity contribution in [3.8, 4) is 5.75 Å². The normalized spacial score (nSPS) is 22.1. The molecule has 4 rings (SSSR count). The standard InChI is InChI=1S/C17H21N3O2/c1-21-14-5-2-4-13(10-14)15-6-3-9-20(15)11-16-18-19-17(22-16)12-7-8-12/h2,4-5,10,12,15H,3,6-9,11H2,1H3. The highest BCUT2D eigenvalue weighted by molar-refractivity contribution is 5.31. The van der Waals surface area contributed by atoms with E-state index in [0.717, 1.165) is 37.0 Å². The van der Waals surface area contributed by atoms with Crippen LogP contribution < -0.4 is 4.74 Å². The molecule has 2 aromatic rings. The fourth-order valence-corrected chi connectivity index (χ4v) is 3.24. The Labute approximate surface area is 130 Å². The summed E-state index contributed by atoms with van der Waals surface area (Å²) in [6, 6.07) is 8.76. The Morgan fingerprint density at radius 3 is 3.00 bits per heavy atom. The lowest BCUT2D eigenvalue weighted by atomic mass is 10.0. The molecule has 5 nitrogen and oxygen atoms in total. The molecule has 0 radical (unpaired) electrons. The fraction of sp³-hybridized carbons (Fsp3) is 0.529. The maximum absolute atomic E-state index is 5.81. The van der Waals surface area contributed by atoms with E-state index < -0.39 is 0 Å². The third-order valence-corrected chi connectivity index (χ3v) is 4.59. The summed E-state index contributed by atoms with van der Waals surface area (Å²) in [6.07, 6.45) is 4.75. The van der Waals surface area contributed by atoms with Crippen molar-refractivity contribution in [2.45, 2.75) is 44.2 Å². The van der Waals surface area contributed by atoms with Gasteiger partial charge < -0.3 is 9.15 Å². The highest BCUT2D eigenvalue weighted by Crippen LogP contribution is 2.39. The summed E-state index contributed by atoms with van der Waals surface area (Å²) >= 11 is 0. The number of likely N-dealkylation sites (tertiary alicyclic amines) is 1. The van der Waals surface area contributed by atoms with Crippen LogP contribution in [0.25, 0.3) is 0 Å². The fourth-order valence-electron chi connectivity index (χ4n) is 3.24. The van der Waals surface area contributed by atoms with E-state index in [0.29, 0.717) is 12.0 Å². The SMILES string of the molecule is COc1cccc(C2CCCN2Cc2nnc(C3CC3)o2)c1. The molecule has 0 N–H and O–H groups in total. The molecule has 1 aromatic carbocycles. The van der Waals surface area contributed by atoms with Crippen molar-refractivity contribution < 1.29 is 9.15 Å². The van der Waals surface area contributed by atoms with E-state index >= 15 is 0 Å². The summed E-state index contributed by atoms with van der Waals surface area (Å²) in [4.78, 5) is 2.43. The van der Waals surface area contributed by atoms with E-state index in [1.54, 1.807) is 7.11 Å². The number of hydrogen-bond donors (Lipinski definition) is 0. The second kappa shape index (κ2) is 5.72. The molecule has 1 saturated carbocycles. The van der Waals surface area contributed by atoms with Crippen molar-refractivity contribution in [3.63, 3.8) is 0 Å². The number of aromatic nitrogens is 2. The molecule has 2 heterocycles. The molecule has 0 bridgehead atoms. The van der Waals surface area contributed by atoms with Gasteiger partial charge in [0.05, 0.1) is 13.7 Å². The van der Waals surface area contributed by atoms with Crippen LogP contribution in [-0.2, 0) is 6.54 Å². The predicted octanol–water partition coefficient (Wildman–Crippen LogP) is 3.29. The minimum Gasteiger partial charge on any atom is -0.497 e. The molecule has 1 saturated heterocycles. The number of rotatable bonds is 5. The Hall–Kier alpha value is -1.88. The maximum atomic E-state index is 5.81. The molecule has 116 valence electrons. The van der Waals surface area contributed by atoms with Gasteiger partial charge in [-0.2, -0.15) is 0 Å². The second-order valence-electron chi connectivity index (χ2n) is 6.21. The molecule has 5 heteroatoms. The highest BCUT2D eigenvalue weighted by atomic mass is 16.5. The van der Waals surface area contributed by atoms with Crippen molar-refractivity contribution in [2.75, 3.05) is 13.7 Å². The first kappa shape index (κ1) is 13.8. The number of nitrogens with zero attached hydrogens (tertiary/aromatic N) is 3. The molecule has 1 aromatic heterocycles. The van der Waals surface area contributed by atoms with Gasteiger partial charge in [0, 0.05) is 12.0 Å². The van der Waals surface area contributed by atoms with Crippen LogP contribution in [0.15, 0.2) is 28.7 Å². The van der Waals surface area contributed by atoms with Crippen molar-refractivity contribution >= 4 is 0 Å². The first-order chi connectivity index (χ1) is 10.8. The van der Waals surface area contributed by atoms with Crippen LogP contribution in [0.1, 0.15) is 55.0 Å². The predicted molar refractivity (Wildman–Crippen MR) is 81.7 cm³/mol. The van der Waals surface area contributed by atoms with Gasteiger partial charge >= 0.3 is 0 Å². The van der Waals surface area contributed by atoms with Gasteiger partial charge in [-0.15, -0.1) is 10.2 Å². The minimum absolute atomic E-state index is 0.409. The first-order valence-electron chi connectivity index (χ1n) is 8.04. The van der Waals surface area contributed by atoms with Crippen LogP contribution in [0.4, 0.5) is 0 Å². The number of methoxy groups -OCH3 is 1. The van der Waals surface area contributed by atoms with Crippen LogP contribution in [-0.4, -0.2) is 28.8 Å².